The lowest BCUT2D eigenvalue weighted by Crippen LogP contribution is -2.20. The summed E-state index contributed by atoms with van der Waals surface area (Å²) in [6.07, 6.45) is 4.90. The van der Waals surface area contributed by atoms with Gasteiger partial charge < -0.3 is 5.32 Å². The second-order valence-corrected chi connectivity index (χ2v) is 6.18. The summed E-state index contributed by atoms with van der Waals surface area (Å²) in [4.78, 5) is 12.1. The smallest absolute Gasteiger partial charge is 0.246 e. The van der Waals surface area contributed by atoms with Crippen molar-refractivity contribution in [2.45, 2.75) is 20.0 Å². The molecular weight excluding hydrogens is 349 g/mol. The zero-order valence-electron chi connectivity index (χ0n) is 12.9. The van der Waals surface area contributed by atoms with E-state index in [9.17, 15) is 4.79 Å². The molecule has 124 valence electrons. The maximum absolute atomic E-state index is 12.1. The molecule has 0 fully saturated rings. The van der Waals surface area contributed by atoms with Gasteiger partial charge in [0.15, 0.2) is 0 Å². The van der Waals surface area contributed by atoms with Gasteiger partial charge in [-0.1, -0.05) is 35.3 Å². The lowest BCUT2D eigenvalue weighted by Gasteiger charge is -2.05. The van der Waals surface area contributed by atoms with Gasteiger partial charge in [-0.15, -0.1) is 0 Å². The Balaban J connectivity index is 1.60. The standard InChI is InChI=1S/C16H15Cl2N5O/c1-11-15(18)7-20-23(11)10-16(24)21-14-6-19-22(9-14)8-12-2-4-13(17)5-3-12/h2-7,9H,8,10H2,1H3,(H,21,24). The summed E-state index contributed by atoms with van der Waals surface area (Å²) >= 11 is 11.8. The van der Waals surface area contributed by atoms with Crippen LogP contribution in [0.1, 0.15) is 11.3 Å². The van der Waals surface area contributed by atoms with E-state index in [0.717, 1.165) is 11.3 Å². The Kier molecular flexibility index (Phi) is 4.87. The van der Waals surface area contributed by atoms with Crippen LogP contribution < -0.4 is 5.32 Å². The van der Waals surface area contributed by atoms with Crippen molar-refractivity contribution < 1.29 is 4.79 Å². The summed E-state index contributed by atoms with van der Waals surface area (Å²) in [5.74, 6) is -0.191. The predicted molar refractivity (Wildman–Crippen MR) is 93.4 cm³/mol. The number of nitrogens with zero attached hydrogens (tertiary/aromatic N) is 4. The number of carbonyl (C=O) groups is 1. The number of benzene rings is 1. The summed E-state index contributed by atoms with van der Waals surface area (Å²) in [7, 11) is 0. The van der Waals surface area contributed by atoms with Gasteiger partial charge in [0.1, 0.15) is 6.54 Å². The van der Waals surface area contributed by atoms with E-state index in [0.29, 0.717) is 22.3 Å². The van der Waals surface area contributed by atoms with Gasteiger partial charge in [0.25, 0.3) is 0 Å². The molecule has 0 aliphatic heterocycles. The number of carbonyl (C=O) groups excluding carboxylic acids is 1. The van der Waals surface area contributed by atoms with Gasteiger partial charge in [-0.3, -0.25) is 14.2 Å². The quantitative estimate of drug-likeness (QED) is 0.755. The summed E-state index contributed by atoms with van der Waals surface area (Å²) in [6, 6.07) is 7.54. The van der Waals surface area contributed by atoms with Crippen molar-refractivity contribution in [3.8, 4) is 0 Å². The van der Waals surface area contributed by atoms with Crippen molar-refractivity contribution in [2.75, 3.05) is 5.32 Å². The monoisotopic (exact) mass is 363 g/mol. The number of aromatic nitrogens is 4. The fourth-order valence-corrected chi connectivity index (χ4v) is 2.48. The lowest BCUT2D eigenvalue weighted by molar-refractivity contribution is -0.116. The molecular formula is C16H15Cl2N5O. The number of hydrogen-bond acceptors (Lipinski definition) is 3. The zero-order valence-corrected chi connectivity index (χ0v) is 14.4. The minimum absolute atomic E-state index is 0.0981. The molecule has 2 heterocycles. The van der Waals surface area contributed by atoms with Gasteiger partial charge >= 0.3 is 0 Å². The molecule has 0 atom stereocenters. The third-order valence-electron chi connectivity index (χ3n) is 3.51. The fraction of sp³-hybridized carbons (Fsp3) is 0.188. The molecule has 0 saturated heterocycles. The van der Waals surface area contributed by atoms with E-state index in [1.807, 2.05) is 31.2 Å². The molecule has 8 heteroatoms. The number of halogens is 2. The largest absolute Gasteiger partial charge is 0.322 e. The van der Waals surface area contributed by atoms with Crippen molar-refractivity contribution >= 4 is 34.8 Å². The first-order valence-electron chi connectivity index (χ1n) is 7.26. The summed E-state index contributed by atoms with van der Waals surface area (Å²) < 4.78 is 3.30. The van der Waals surface area contributed by atoms with Crippen LogP contribution >= 0.6 is 23.2 Å². The summed E-state index contributed by atoms with van der Waals surface area (Å²) in [5, 5.41) is 12.3. The van der Waals surface area contributed by atoms with E-state index < -0.39 is 0 Å². The molecule has 24 heavy (non-hydrogen) atoms. The van der Waals surface area contributed by atoms with E-state index in [1.165, 1.54) is 6.20 Å². The van der Waals surface area contributed by atoms with Gasteiger partial charge in [-0.2, -0.15) is 10.2 Å². The molecule has 0 aliphatic rings. The lowest BCUT2D eigenvalue weighted by atomic mass is 10.2. The Labute approximate surface area is 149 Å². The van der Waals surface area contributed by atoms with Crippen LogP contribution in [0.2, 0.25) is 10.0 Å². The minimum Gasteiger partial charge on any atom is -0.322 e. The van der Waals surface area contributed by atoms with Crippen molar-refractivity contribution in [3.05, 3.63) is 64.2 Å². The summed E-state index contributed by atoms with van der Waals surface area (Å²) in [5.41, 5.74) is 2.46. The van der Waals surface area contributed by atoms with Gasteiger partial charge in [-0.25, -0.2) is 0 Å². The highest BCUT2D eigenvalue weighted by Gasteiger charge is 2.10. The highest BCUT2D eigenvalue weighted by atomic mass is 35.5. The maximum atomic E-state index is 12.1. The van der Waals surface area contributed by atoms with Crippen LogP contribution in [-0.2, 0) is 17.9 Å². The molecule has 1 amide bonds. The van der Waals surface area contributed by atoms with Crippen LogP contribution in [0.5, 0.6) is 0 Å². The molecule has 2 aromatic heterocycles. The molecule has 0 bridgehead atoms. The number of anilines is 1. The first-order chi connectivity index (χ1) is 11.5. The molecule has 3 rings (SSSR count). The molecule has 0 unspecified atom stereocenters. The Bertz CT molecular complexity index is 854. The summed E-state index contributed by atoms with van der Waals surface area (Å²) in [6.45, 7) is 2.51. The molecule has 0 saturated carbocycles. The van der Waals surface area contributed by atoms with E-state index in [2.05, 4.69) is 15.5 Å². The number of hydrogen-bond donors (Lipinski definition) is 1. The van der Waals surface area contributed by atoms with E-state index in [1.54, 1.807) is 21.8 Å². The average molecular weight is 364 g/mol. The third-order valence-corrected chi connectivity index (χ3v) is 4.13. The number of nitrogens with one attached hydrogen (secondary N) is 1. The molecule has 0 aliphatic carbocycles. The highest BCUT2D eigenvalue weighted by Crippen LogP contribution is 2.14. The minimum atomic E-state index is -0.191. The molecule has 1 N–H and O–H groups in total. The molecule has 3 aromatic rings. The van der Waals surface area contributed by atoms with Gasteiger partial charge in [0.2, 0.25) is 5.91 Å². The molecule has 6 nitrogen and oxygen atoms in total. The third kappa shape index (κ3) is 3.96. The fourth-order valence-electron chi connectivity index (χ4n) is 2.21. The van der Waals surface area contributed by atoms with Crippen molar-refractivity contribution in [3.63, 3.8) is 0 Å². The Morgan fingerprint density at radius 3 is 2.58 bits per heavy atom. The van der Waals surface area contributed by atoms with Crippen LogP contribution in [0.4, 0.5) is 5.69 Å². The predicted octanol–water partition coefficient (Wildman–Crippen LogP) is 3.38. The van der Waals surface area contributed by atoms with Gasteiger partial charge in [-0.05, 0) is 24.6 Å². The van der Waals surface area contributed by atoms with Crippen molar-refractivity contribution in [1.82, 2.24) is 19.6 Å². The van der Waals surface area contributed by atoms with Crippen LogP contribution in [0.25, 0.3) is 0 Å². The Hall–Kier alpha value is -2.31. The van der Waals surface area contributed by atoms with Gasteiger partial charge in [0, 0.05) is 11.2 Å². The molecule has 1 aromatic carbocycles. The zero-order chi connectivity index (χ0) is 17.1. The normalized spacial score (nSPS) is 10.8. The topological polar surface area (TPSA) is 64.7 Å². The van der Waals surface area contributed by atoms with Crippen molar-refractivity contribution in [1.29, 1.82) is 0 Å². The molecule has 0 radical (unpaired) electrons. The first-order valence-corrected chi connectivity index (χ1v) is 8.01. The van der Waals surface area contributed by atoms with Gasteiger partial charge in [0.05, 0.1) is 35.3 Å². The molecule has 0 spiro atoms. The average Bonchev–Trinajstić information content (AvgIpc) is 3.11. The van der Waals surface area contributed by atoms with Crippen LogP contribution in [-0.4, -0.2) is 25.5 Å². The Morgan fingerprint density at radius 1 is 1.17 bits per heavy atom. The second-order valence-electron chi connectivity index (χ2n) is 5.34. The van der Waals surface area contributed by atoms with E-state index in [4.69, 9.17) is 23.2 Å². The van der Waals surface area contributed by atoms with Crippen LogP contribution in [0.3, 0.4) is 0 Å². The van der Waals surface area contributed by atoms with E-state index >= 15 is 0 Å². The Morgan fingerprint density at radius 2 is 1.92 bits per heavy atom. The van der Waals surface area contributed by atoms with Crippen molar-refractivity contribution in [2.24, 2.45) is 0 Å². The second kappa shape index (κ2) is 7.07. The first kappa shape index (κ1) is 16.5. The van der Waals surface area contributed by atoms with Crippen LogP contribution in [0, 0.1) is 6.92 Å². The van der Waals surface area contributed by atoms with E-state index in [-0.39, 0.29) is 12.5 Å². The number of rotatable bonds is 5. The van der Waals surface area contributed by atoms with Crippen LogP contribution in [0.15, 0.2) is 42.9 Å². The number of amides is 1. The SMILES string of the molecule is Cc1c(Cl)cnn1CC(=O)Nc1cnn(Cc2ccc(Cl)cc2)c1. The maximum Gasteiger partial charge on any atom is 0.246 e. The highest BCUT2D eigenvalue weighted by molar-refractivity contribution is 6.31.